The molecular formula is C16H26N4. The molecule has 1 aromatic rings. The van der Waals surface area contributed by atoms with Crippen LogP contribution in [-0.2, 0) is 6.42 Å². The minimum atomic E-state index is 0.642. The highest BCUT2D eigenvalue weighted by Crippen LogP contribution is 2.31. The largest absolute Gasteiger partial charge is 0.354 e. The number of hydrogen-bond donors (Lipinski definition) is 1. The maximum Gasteiger partial charge on any atom is 0.132 e. The first-order valence-corrected chi connectivity index (χ1v) is 8.13. The minimum Gasteiger partial charge on any atom is -0.354 e. The van der Waals surface area contributed by atoms with Gasteiger partial charge in [0.1, 0.15) is 12.1 Å². The summed E-state index contributed by atoms with van der Waals surface area (Å²) in [4.78, 5) is 11.4. The lowest BCUT2D eigenvalue weighted by atomic mass is 9.98. The lowest BCUT2D eigenvalue weighted by Crippen LogP contribution is -2.48. The van der Waals surface area contributed by atoms with E-state index in [1.807, 2.05) is 0 Å². The monoisotopic (exact) mass is 274 g/mol. The molecule has 110 valence electrons. The van der Waals surface area contributed by atoms with Crippen LogP contribution in [0.3, 0.4) is 0 Å². The summed E-state index contributed by atoms with van der Waals surface area (Å²) in [5, 5.41) is 3.72. The molecule has 0 aliphatic carbocycles. The first-order chi connectivity index (χ1) is 9.80. The molecule has 20 heavy (non-hydrogen) atoms. The Bertz CT molecular complexity index is 436. The molecule has 1 N–H and O–H groups in total. The second-order valence-corrected chi connectivity index (χ2v) is 6.17. The average molecular weight is 274 g/mol. The van der Waals surface area contributed by atoms with Gasteiger partial charge in [0.2, 0.25) is 0 Å². The van der Waals surface area contributed by atoms with Gasteiger partial charge in [-0.15, -0.1) is 0 Å². The fourth-order valence-corrected chi connectivity index (χ4v) is 3.82. The third kappa shape index (κ3) is 2.80. The molecule has 0 amide bonds. The molecule has 2 aliphatic rings. The highest BCUT2D eigenvalue weighted by atomic mass is 15.2. The second-order valence-electron chi connectivity index (χ2n) is 6.17. The number of nitrogens with zero attached hydrogens (tertiary/aromatic N) is 3. The maximum atomic E-state index is 4.53. The summed E-state index contributed by atoms with van der Waals surface area (Å²) < 4.78 is 0. The van der Waals surface area contributed by atoms with E-state index in [0.717, 1.165) is 37.3 Å². The smallest absolute Gasteiger partial charge is 0.132 e. The van der Waals surface area contributed by atoms with E-state index in [1.165, 1.54) is 31.4 Å². The van der Waals surface area contributed by atoms with E-state index in [9.17, 15) is 0 Å². The van der Waals surface area contributed by atoms with Gasteiger partial charge in [0.15, 0.2) is 0 Å². The van der Waals surface area contributed by atoms with E-state index < -0.39 is 0 Å². The van der Waals surface area contributed by atoms with Crippen LogP contribution in [0, 0.1) is 0 Å². The number of rotatable bonds is 5. The Balaban J connectivity index is 1.77. The SMILES string of the molecule is CCCc1cc(N(CC)C2CC3CCC(C2)N3)ncn1. The molecule has 0 spiro atoms. The van der Waals surface area contributed by atoms with Gasteiger partial charge in [-0.1, -0.05) is 13.3 Å². The first kappa shape index (κ1) is 13.8. The molecule has 4 nitrogen and oxygen atoms in total. The predicted molar refractivity (Wildman–Crippen MR) is 82.0 cm³/mol. The van der Waals surface area contributed by atoms with Crippen molar-refractivity contribution in [1.29, 1.82) is 0 Å². The molecule has 1 aromatic heterocycles. The van der Waals surface area contributed by atoms with Crippen LogP contribution in [0.4, 0.5) is 5.82 Å². The molecule has 2 bridgehead atoms. The van der Waals surface area contributed by atoms with Crippen LogP contribution in [0.25, 0.3) is 0 Å². The van der Waals surface area contributed by atoms with E-state index in [-0.39, 0.29) is 0 Å². The quantitative estimate of drug-likeness (QED) is 0.896. The molecule has 0 aromatic carbocycles. The summed E-state index contributed by atoms with van der Waals surface area (Å²) in [6, 6.07) is 4.29. The molecule has 2 saturated heterocycles. The number of fused-ring (bicyclic) bond motifs is 2. The average Bonchev–Trinajstić information content (AvgIpc) is 2.79. The number of nitrogens with one attached hydrogen (secondary N) is 1. The summed E-state index contributed by atoms with van der Waals surface area (Å²) in [7, 11) is 0. The molecule has 2 fully saturated rings. The Labute approximate surface area is 122 Å². The first-order valence-electron chi connectivity index (χ1n) is 8.13. The summed E-state index contributed by atoms with van der Waals surface area (Å²) >= 11 is 0. The van der Waals surface area contributed by atoms with Crippen LogP contribution >= 0.6 is 0 Å². The molecule has 0 saturated carbocycles. The van der Waals surface area contributed by atoms with Gasteiger partial charge in [-0.05, 0) is 39.0 Å². The van der Waals surface area contributed by atoms with Crippen molar-refractivity contribution in [1.82, 2.24) is 15.3 Å². The van der Waals surface area contributed by atoms with E-state index in [0.29, 0.717) is 6.04 Å². The molecule has 2 aliphatic heterocycles. The Kier molecular flexibility index (Phi) is 4.20. The fourth-order valence-electron chi connectivity index (χ4n) is 3.82. The zero-order valence-corrected chi connectivity index (χ0v) is 12.7. The minimum absolute atomic E-state index is 0.642. The maximum absolute atomic E-state index is 4.53. The molecule has 2 unspecified atom stereocenters. The van der Waals surface area contributed by atoms with Gasteiger partial charge in [-0.2, -0.15) is 0 Å². The molecular weight excluding hydrogens is 248 g/mol. The van der Waals surface area contributed by atoms with Crippen LogP contribution in [0.5, 0.6) is 0 Å². The number of hydrogen-bond acceptors (Lipinski definition) is 4. The van der Waals surface area contributed by atoms with Crippen molar-refractivity contribution >= 4 is 5.82 Å². The van der Waals surface area contributed by atoms with Gasteiger partial charge in [0, 0.05) is 36.4 Å². The van der Waals surface area contributed by atoms with Crippen molar-refractivity contribution in [2.75, 3.05) is 11.4 Å². The molecule has 0 radical (unpaired) electrons. The third-order valence-electron chi connectivity index (χ3n) is 4.74. The highest BCUT2D eigenvalue weighted by Gasteiger charge is 2.36. The van der Waals surface area contributed by atoms with Crippen molar-refractivity contribution in [2.24, 2.45) is 0 Å². The molecule has 2 atom stereocenters. The number of anilines is 1. The molecule has 3 heterocycles. The topological polar surface area (TPSA) is 41.0 Å². The molecule has 4 heteroatoms. The van der Waals surface area contributed by atoms with Gasteiger partial charge in [0.25, 0.3) is 0 Å². The summed E-state index contributed by atoms with van der Waals surface area (Å²) in [6.07, 6.45) is 9.14. The van der Waals surface area contributed by atoms with Crippen LogP contribution in [0.1, 0.15) is 51.6 Å². The van der Waals surface area contributed by atoms with Crippen LogP contribution in [0.15, 0.2) is 12.4 Å². The van der Waals surface area contributed by atoms with E-state index >= 15 is 0 Å². The zero-order valence-electron chi connectivity index (χ0n) is 12.7. The number of piperidine rings is 1. The zero-order chi connectivity index (χ0) is 13.9. The van der Waals surface area contributed by atoms with Gasteiger partial charge in [-0.3, -0.25) is 0 Å². The van der Waals surface area contributed by atoms with Crippen LogP contribution in [-0.4, -0.2) is 34.6 Å². The van der Waals surface area contributed by atoms with E-state index in [1.54, 1.807) is 6.33 Å². The predicted octanol–water partition coefficient (Wildman–Crippen LogP) is 2.54. The Hall–Kier alpha value is -1.16. The second kappa shape index (κ2) is 6.08. The summed E-state index contributed by atoms with van der Waals surface area (Å²) in [6.45, 7) is 5.47. The Morgan fingerprint density at radius 2 is 1.95 bits per heavy atom. The van der Waals surface area contributed by atoms with Crippen LogP contribution < -0.4 is 10.2 Å². The van der Waals surface area contributed by atoms with Gasteiger partial charge < -0.3 is 10.2 Å². The summed E-state index contributed by atoms with van der Waals surface area (Å²) in [5.74, 6) is 1.12. The molecule has 3 rings (SSSR count). The fraction of sp³-hybridized carbons (Fsp3) is 0.750. The van der Waals surface area contributed by atoms with Crippen molar-refractivity contribution in [2.45, 2.75) is 70.5 Å². The van der Waals surface area contributed by atoms with E-state index in [4.69, 9.17) is 0 Å². The standard InChI is InChI=1S/C16H26N4/c1-3-5-12-10-16(18-11-17-12)20(4-2)15-8-13-6-7-14(9-15)19-13/h10-11,13-15,19H,3-9H2,1-2H3. The number of aromatic nitrogens is 2. The van der Waals surface area contributed by atoms with Crippen molar-refractivity contribution in [3.63, 3.8) is 0 Å². The Morgan fingerprint density at radius 1 is 1.20 bits per heavy atom. The Morgan fingerprint density at radius 3 is 2.60 bits per heavy atom. The highest BCUT2D eigenvalue weighted by molar-refractivity contribution is 5.40. The van der Waals surface area contributed by atoms with Gasteiger partial charge >= 0.3 is 0 Å². The normalized spacial score (nSPS) is 28.6. The lowest BCUT2D eigenvalue weighted by molar-refractivity contribution is 0.348. The number of aryl methyl sites for hydroxylation is 1. The van der Waals surface area contributed by atoms with Crippen molar-refractivity contribution < 1.29 is 0 Å². The van der Waals surface area contributed by atoms with Gasteiger partial charge in [0.05, 0.1) is 0 Å². The third-order valence-corrected chi connectivity index (χ3v) is 4.74. The van der Waals surface area contributed by atoms with Crippen molar-refractivity contribution in [3.8, 4) is 0 Å². The van der Waals surface area contributed by atoms with Crippen molar-refractivity contribution in [3.05, 3.63) is 18.1 Å². The summed E-state index contributed by atoms with van der Waals surface area (Å²) in [5.41, 5.74) is 1.17. The lowest BCUT2D eigenvalue weighted by Gasteiger charge is -2.38. The van der Waals surface area contributed by atoms with E-state index in [2.05, 4.69) is 40.1 Å². The van der Waals surface area contributed by atoms with Crippen LogP contribution in [0.2, 0.25) is 0 Å². The van der Waals surface area contributed by atoms with Gasteiger partial charge in [-0.25, -0.2) is 9.97 Å².